The summed E-state index contributed by atoms with van der Waals surface area (Å²) in [4.78, 5) is 12.2. The number of fused-ring (bicyclic) bond motifs is 3. The quantitative estimate of drug-likeness (QED) is 0.109. The van der Waals surface area contributed by atoms with Crippen LogP contribution in [0.2, 0.25) is 0 Å². The number of hydrogen-bond donors (Lipinski definition) is 1. The molecule has 1 aliphatic carbocycles. The minimum Gasteiger partial charge on any atom is -0.491 e. The van der Waals surface area contributed by atoms with Crippen LogP contribution in [0.1, 0.15) is 74.5 Å². The van der Waals surface area contributed by atoms with Crippen LogP contribution in [0.15, 0.2) is 72.8 Å². The minimum atomic E-state index is -0.436. The van der Waals surface area contributed by atoms with Gasteiger partial charge in [-0.1, -0.05) is 106 Å². The molecule has 0 radical (unpaired) electrons. The highest BCUT2D eigenvalue weighted by atomic mass is 16.6. The highest BCUT2D eigenvalue weighted by molar-refractivity contribution is 5.79. The van der Waals surface area contributed by atoms with Gasteiger partial charge >= 0.3 is 6.09 Å². The number of benzene rings is 3. The highest BCUT2D eigenvalue weighted by Gasteiger charge is 2.28. The van der Waals surface area contributed by atoms with Crippen LogP contribution in [-0.4, -0.2) is 65.5 Å². The molecule has 0 fully saturated rings. The molecule has 1 aliphatic rings. The zero-order valence-corrected chi connectivity index (χ0v) is 27.0. The van der Waals surface area contributed by atoms with E-state index >= 15 is 0 Å². The number of alkyl carbamates (subject to hydrolysis) is 1. The lowest BCUT2D eigenvalue weighted by Crippen LogP contribution is -2.29. The van der Waals surface area contributed by atoms with Gasteiger partial charge in [-0.3, -0.25) is 0 Å². The Hall–Kier alpha value is -3.39. The van der Waals surface area contributed by atoms with Crippen LogP contribution < -0.4 is 10.1 Å². The molecule has 0 heterocycles. The first-order chi connectivity index (χ1) is 22.3. The molecule has 0 saturated heterocycles. The van der Waals surface area contributed by atoms with E-state index in [1.807, 2.05) is 36.4 Å². The van der Waals surface area contributed by atoms with Gasteiger partial charge in [-0.25, -0.2) is 4.79 Å². The topological polar surface area (TPSA) is 75.3 Å². The molecule has 0 aliphatic heterocycles. The number of unbranched alkanes of at least 4 members (excludes halogenated alkanes) is 6. The summed E-state index contributed by atoms with van der Waals surface area (Å²) in [6, 6.07) is 25.0. The van der Waals surface area contributed by atoms with Gasteiger partial charge in [0.25, 0.3) is 0 Å². The second kappa shape index (κ2) is 20.6. The van der Waals surface area contributed by atoms with Gasteiger partial charge in [0.2, 0.25) is 0 Å². The lowest BCUT2D eigenvalue weighted by atomic mass is 9.98. The molecular weight excluding hydrogens is 566 g/mol. The molecule has 0 saturated carbocycles. The molecule has 7 nitrogen and oxygen atoms in total. The number of carbonyl (C=O) groups excluding carboxylic acids is 1. The summed E-state index contributed by atoms with van der Waals surface area (Å²) in [6.07, 6.45) is 10.1. The van der Waals surface area contributed by atoms with Crippen LogP contribution in [0.3, 0.4) is 0 Å². The van der Waals surface area contributed by atoms with Crippen molar-refractivity contribution in [3.05, 3.63) is 89.5 Å². The molecule has 4 rings (SSSR count). The summed E-state index contributed by atoms with van der Waals surface area (Å²) in [5, 5.41) is 2.76. The van der Waals surface area contributed by atoms with E-state index in [1.54, 1.807) is 0 Å². The van der Waals surface area contributed by atoms with Crippen molar-refractivity contribution in [2.24, 2.45) is 0 Å². The Morgan fingerprint density at radius 1 is 0.644 bits per heavy atom. The van der Waals surface area contributed by atoms with Gasteiger partial charge in [-0.15, -0.1) is 0 Å². The molecule has 0 spiro atoms. The predicted molar refractivity (Wildman–Crippen MR) is 179 cm³/mol. The van der Waals surface area contributed by atoms with Crippen LogP contribution in [0.25, 0.3) is 11.1 Å². The zero-order chi connectivity index (χ0) is 31.4. The summed E-state index contributed by atoms with van der Waals surface area (Å²) in [7, 11) is 0. The van der Waals surface area contributed by atoms with Gasteiger partial charge in [0.15, 0.2) is 0 Å². The predicted octanol–water partition coefficient (Wildman–Crippen LogP) is 7.95. The summed E-state index contributed by atoms with van der Waals surface area (Å²) in [5.74, 6) is 0.929. The van der Waals surface area contributed by atoms with Gasteiger partial charge in [-0.2, -0.15) is 0 Å². The Morgan fingerprint density at radius 2 is 1.20 bits per heavy atom. The first-order valence-corrected chi connectivity index (χ1v) is 16.8. The molecule has 3 aromatic carbocycles. The van der Waals surface area contributed by atoms with E-state index in [1.165, 1.54) is 72.8 Å². The maximum absolute atomic E-state index is 12.2. The van der Waals surface area contributed by atoms with Crippen molar-refractivity contribution in [1.29, 1.82) is 0 Å². The van der Waals surface area contributed by atoms with Gasteiger partial charge in [-0.05, 0) is 52.8 Å². The first kappa shape index (κ1) is 34.5. The molecule has 0 aromatic heterocycles. The second-order valence-corrected chi connectivity index (χ2v) is 11.5. The molecule has 45 heavy (non-hydrogen) atoms. The third kappa shape index (κ3) is 12.1. The highest BCUT2D eigenvalue weighted by Crippen LogP contribution is 2.44. The standard InChI is InChI=1S/C38H51NO6/c1-2-3-4-5-6-7-8-13-31-18-20-32(21-19-31)44-29-28-43-27-26-42-25-24-41-23-22-39-38(40)45-30-37-35-16-11-9-14-33(35)34-15-10-12-17-36(34)37/h9-12,14-21,37H,2-8,13,22-30H2,1H3,(H,39,40). The fourth-order valence-corrected chi connectivity index (χ4v) is 5.67. The number of ether oxygens (including phenoxy) is 5. The minimum absolute atomic E-state index is 0.0506. The average Bonchev–Trinajstić information content (AvgIpc) is 3.39. The van der Waals surface area contributed by atoms with Gasteiger partial charge in [0.1, 0.15) is 19.0 Å². The summed E-state index contributed by atoms with van der Waals surface area (Å²) in [5.41, 5.74) is 6.19. The van der Waals surface area contributed by atoms with Crippen molar-refractivity contribution in [3.8, 4) is 16.9 Å². The fraction of sp³-hybridized carbons (Fsp3) is 0.500. The number of nitrogens with one attached hydrogen (secondary N) is 1. The van der Waals surface area contributed by atoms with Crippen LogP contribution in [0, 0.1) is 0 Å². The van der Waals surface area contributed by atoms with Gasteiger partial charge in [0.05, 0.1) is 39.6 Å². The Labute approximate surface area is 269 Å². The molecule has 0 unspecified atom stereocenters. The molecular formula is C38H51NO6. The molecule has 0 bridgehead atoms. The Balaban J connectivity index is 0.925. The summed E-state index contributed by atoms with van der Waals surface area (Å²) in [6.45, 7) is 6.27. The van der Waals surface area contributed by atoms with Crippen molar-refractivity contribution in [2.45, 2.75) is 64.2 Å². The van der Waals surface area contributed by atoms with E-state index in [0.717, 1.165) is 12.2 Å². The van der Waals surface area contributed by atoms with E-state index in [-0.39, 0.29) is 5.92 Å². The maximum atomic E-state index is 12.2. The number of amides is 1. The third-order valence-corrected chi connectivity index (χ3v) is 8.09. The maximum Gasteiger partial charge on any atom is 0.407 e. The number of aryl methyl sites for hydroxylation is 1. The van der Waals surface area contributed by atoms with Crippen LogP contribution in [0.4, 0.5) is 4.79 Å². The molecule has 0 atom stereocenters. The van der Waals surface area contributed by atoms with Crippen LogP contribution in [0.5, 0.6) is 5.75 Å². The zero-order valence-electron chi connectivity index (χ0n) is 27.0. The van der Waals surface area contributed by atoms with Crippen molar-refractivity contribution in [2.75, 3.05) is 59.4 Å². The second-order valence-electron chi connectivity index (χ2n) is 11.5. The monoisotopic (exact) mass is 617 g/mol. The Morgan fingerprint density at radius 3 is 1.84 bits per heavy atom. The number of hydrogen-bond acceptors (Lipinski definition) is 6. The van der Waals surface area contributed by atoms with E-state index in [0.29, 0.717) is 59.4 Å². The van der Waals surface area contributed by atoms with E-state index in [2.05, 4.69) is 48.6 Å². The smallest absolute Gasteiger partial charge is 0.407 e. The van der Waals surface area contributed by atoms with E-state index in [4.69, 9.17) is 23.7 Å². The van der Waals surface area contributed by atoms with Gasteiger partial charge < -0.3 is 29.0 Å². The van der Waals surface area contributed by atoms with Crippen molar-refractivity contribution in [3.63, 3.8) is 0 Å². The van der Waals surface area contributed by atoms with E-state index in [9.17, 15) is 4.79 Å². The largest absolute Gasteiger partial charge is 0.491 e. The normalized spacial score (nSPS) is 12.1. The van der Waals surface area contributed by atoms with E-state index < -0.39 is 6.09 Å². The molecule has 1 amide bonds. The van der Waals surface area contributed by atoms with Crippen molar-refractivity contribution < 1.29 is 28.5 Å². The van der Waals surface area contributed by atoms with Crippen molar-refractivity contribution in [1.82, 2.24) is 5.32 Å². The van der Waals surface area contributed by atoms with Gasteiger partial charge in [0, 0.05) is 12.5 Å². The lowest BCUT2D eigenvalue weighted by Gasteiger charge is -2.14. The third-order valence-electron chi connectivity index (χ3n) is 8.09. The SMILES string of the molecule is CCCCCCCCCc1ccc(OCCOCCOCCOCCNC(=O)OCC2c3ccccc3-c3ccccc32)cc1. The van der Waals surface area contributed by atoms with Crippen molar-refractivity contribution >= 4 is 6.09 Å². The summed E-state index contributed by atoms with van der Waals surface area (Å²) < 4.78 is 28.0. The number of carbonyl (C=O) groups is 1. The molecule has 244 valence electrons. The Kier molecular flexibility index (Phi) is 15.8. The number of rotatable bonds is 23. The lowest BCUT2D eigenvalue weighted by molar-refractivity contribution is 0.00979. The first-order valence-electron chi connectivity index (χ1n) is 16.8. The average molecular weight is 618 g/mol. The Bertz CT molecular complexity index is 1200. The molecule has 7 heteroatoms. The fourth-order valence-electron chi connectivity index (χ4n) is 5.67. The molecule has 3 aromatic rings. The molecule has 1 N–H and O–H groups in total. The van der Waals surface area contributed by atoms with Crippen LogP contribution in [-0.2, 0) is 25.4 Å². The van der Waals surface area contributed by atoms with Crippen LogP contribution >= 0.6 is 0 Å². The summed E-state index contributed by atoms with van der Waals surface area (Å²) >= 11 is 0.